The van der Waals surface area contributed by atoms with Gasteiger partial charge in [0.1, 0.15) is 5.60 Å². The third kappa shape index (κ3) is 2.08. The van der Waals surface area contributed by atoms with Crippen molar-refractivity contribution in [1.82, 2.24) is 0 Å². The first-order chi connectivity index (χ1) is 6.68. The fraction of sp³-hybridized carbons (Fsp3) is 0.455. The minimum atomic E-state index is -0.370. The summed E-state index contributed by atoms with van der Waals surface area (Å²) >= 11 is 5.82. The summed E-state index contributed by atoms with van der Waals surface area (Å²) in [7, 11) is 1.69. The molecular weight excluding hydrogens is 198 g/mol. The minimum absolute atomic E-state index is 0.370. The van der Waals surface area contributed by atoms with Crippen LogP contribution < -0.4 is 5.73 Å². The van der Waals surface area contributed by atoms with E-state index in [1.165, 1.54) is 0 Å². The molecule has 1 aromatic rings. The van der Waals surface area contributed by atoms with Crippen LogP contribution in [-0.2, 0) is 10.3 Å². The molecule has 0 bridgehead atoms. The van der Waals surface area contributed by atoms with Gasteiger partial charge in [0.05, 0.1) is 0 Å². The summed E-state index contributed by atoms with van der Waals surface area (Å²) in [5, 5.41) is 0.729. The predicted molar refractivity (Wildman–Crippen MR) is 59.5 cm³/mol. The first-order valence-electron chi connectivity index (χ1n) is 4.70. The van der Waals surface area contributed by atoms with Crippen molar-refractivity contribution in [2.45, 2.75) is 18.9 Å². The third-order valence-electron chi connectivity index (χ3n) is 2.66. The highest BCUT2D eigenvalue weighted by Gasteiger charge is 2.27. The molecule has 0 aliphatic carbocycles. The van der Waals surface area contributed by atoms with Crippen molar-refractivity contribution in [3.63, 3.8) is 0 Å². The maximum atomic E-state index is 5.82. The number of halogens is 1. The molecule has 0 radical (unpaired) electrons. The molecule has 0 aromatic heterocycles. The van der Waals surface area contributed by atoms with E-state index in [-0.39, 0.29) is 5.60 Å². The van der Waals surface area contributed by atoms with E-state index in [0.717, 1.165) is 17.0 Å². The molecule has 0 fully saturated rings. The van der Waals surface area contributed by atoms with Gasteiger partial charge in [-0.3, -0.25) is 0 Å². The molecule has 0 spiro atoms. The number of hydrogen-bond acceptors (Lipinski definition) is 2. The van der Waals surface area contributed by atoms with Crippen LogP contribution in [0.4, 0.5) is 0 Å². The van der Waals surface area contributed by atoms with Gasteiger partial charge in [-0.25, -0.2) is 0 Å². The van der Waals surface area contributed by atoms with E-state index in [0.29, 0.717) is 6.54 Å². The van der Waals surface area contributed by atoms with Crippen LogP contribution in [0.15, 0.2) is 24.3 Å². The predicted octanol–water partition coefficient (Wildman–Crippen LogP) is 2.55. The van der Waals surface area contributed by atoms with Crippen LogP contribution in [0, 0.1) is 0 Å². The van der Waals surface area contributed by atoms with Crippen molar-refractivity contribution in [3.05, 3.63) is 34.9 Å². The number of methoxy groups -OCH3 is 1. The van der Waals surface area contributed by atoms with Crippen molar-refractivity contribution in [2.24, 2.45) is 5.73 Å². The zero-order chi connectivity index (χ0) is 10.6. The number of hydrogen-bond donors (Lipinski definition) is 1. The van der Waals surface area contributed by atoms with Crippen LogP contribution >= 0.6 is 11.6 Å². The standard InChI is InChI=1S/C11H16ClNO/c1-3-11(8-13,14-2)9-4-6-10(12)7-5-9/h4-7H,3,8,13H2,1-2H3. The third-order valence-corrected chi connectivity index (χ3v) is 2.91. The molecule has 1 aromatic carbocycles. The summed E-state index contributed by atoms with van der Waals surface area (Å²) in [6.07, 6.45) is 0.849. The van der Waals surface area contributed by atoms with E-state index >= 15 is 0 Å². The summed E-state index contributed by atoms with van der Waals surface area (Å²) in [5.41, 5.74) is 6.45. The fourth-order valence-electron chi connectivity index (χ4n) is 1.57. The Bertz CT molecular complexity index is 272. The van der Waals surface area contributed by atoms with Gasteiger partial charge in [0.15, 0.2) is 0 Å². The van der Waals surface area contributed by atoms with Crippen LogP contribution in [-0.4, -0.2) is 13.7 Å². The quantitative estimate of drug-likeness (QED) is 0.835. The second-order valence-electron chi connectivity index (χ2n) is 3.26. The summed E-state index contributed by atoms with van der Waals surface area (Å²) in [4.78, 5) is 0. The van der Waals surface area contributed by atoms with E-state index in [4.69, 9.17) is 22.1 Å². The maximum absolute atomic E-state index is 5.82. The molecule has 0 saturated heterocycles. The number of rotatable bonds is 4. The lowest BCUT2D eigenvalue weighted by Crippen LogP contribution is -2.36. The zero-order valence-corrected chi connectivity index (χ0v) is 9.34. The van der Waals surface area contributed by atoms with Crippen LogP contribution in [0.25, 0.3) is 0 Å². The SMILES string of the molecule is CCC(CN)(OC)c1ccc(Cl)cc1. The van der Waals surface area contributed by atoms with Gasteiger partial charge in [-0.1, -0.05) is 30.7 Å². The van der Waals surface area contributed by atoms with Gasteiger partial charge in [-0.15, -0.1) is 0 Å². The Morgan fingerprint density at radius 3 is 2.29 bits per heavy atom. The minimum Gasteiger partial charge on any atom is -0.372 e. The van der Waals surface area contributed by atoms with E-state index in [1.54, 1.807) is 7.11 Å². The molecule has 78 valence electrons. The molecule has 1 rings (SSSR count). The second-order valence-corrected chi connectivity index (χ2v) is 3.70. The zero-order valence-electron chi connectivity index (χ0n) is 8.59. The highest BCUT2D eigenvalue weighted by atomic mass is 35.5. The molecule has 3 heteroatoms. The largest absolute Gasteiger partial charge is 0.372 e. The Balaban J connectivity index is 3.05. The molecule has 2 N–H and O–H groups in total. The van der Waals surface area contributed by atoms with Crippen LogP contribution in [0.5, 0.6) is 0 Å². The maximum Gasteiger partial charge on any atom is 0.105 e. The summed E-state index contributed by atoms with van der Waals surface area (Å²) < 4.78 is 5.49. The van der Waals surface area contributed by atoms with Crippen molar-refractivity contribution in [1.29, 1.82) is 0 Å². The highest BCUT2D eigenvalue weighted by molar-refractivity contribution is 6.30. The molecule has 0 saturated carbocycles. The molecular formula is C11H16ClNO. The lowest BCUT2D eigenvalue weighted by atomic mass is 9.91. The first-order valence-corrected chi connectivity index (χ1v) is 5.07. The van der Waals surface area contributed by atoms with Crippen LogP contribution in [0.3, 0.4) is 0 Å². The number of ether oxygens (including phenoxy) is 1. The molecule has 14 heavy (non-hydrogen) atoms. The Labute approximate surface area is 90.0 Å². The molecule has 2 nitrogen and oxygen atoms in total. The lowest BCUT2D eigenvalue weighted by Gasteiger charge is -2.30. The van der Waals surface area contributed by atoms with Gasteiger partial charge in [-0.05, 0) is 24.1 Å². The van der Waals surface area contributed by atoms with Crippen molar-refractivity contribution < 1.29 is 4.74 Å². The van der Waals surface area contributed by atoms with Crippen LogP contribution in [0.1, 0.15) is 18.9 Å². The second kappa shape index (κ2) is 4.78. The van der Waals surface area contributed by atoms with Gasteiger partial charge in [-0.2, -0.15) is 0 Å². The fourth-order valence-corrected chi connectivity index (χ4v) is 1.69. The van der Waals surface area contributed by atoms with Gasteiger partial charge in [0, 0.05) is 18.7 Å². The molecule has 1 unspecified atom stereocenters. The van der Waals surface area contributed by atoms with Crippen molar-refractivity contribution in [2.75, 3.05) is 13.7 Å². The number of benzene rings is 1. The molecule has 0 aliphatic rings. The van der Waals surface area contributed by atoms with E-state index in [2.05, 4.69) is 6.92 Å². The van der Waals surface area contributed by atoms with Crippen LogP contribution in [0.2, 0.25) is 5.02 Å². The van der Waals surface area contributed by atoms with E-state index in [1.807, 2.05) is 24.3 Å². The average molecular weight is 214 g/mol. The van der Waals surface area contributed by atoms with Gasteiger partial charge in [0.25, 0.3) is 0 Å². The number of nitrogens with two attached hydrogens (primary N) is 1. The van der Waals surface area contributed by atoms with Gasteiger partial charge < -0.3 is 10.5 Å². The highest BCUT2D eigenvalue weighted by Crippen LogP contribution is 2.28. The van der Waals surface area contributed by atoms with Gasteiger partial charge >= 0.3 is 0 Å². The first kappa shape index (κ1) is 11.5. The Kier molecular flexibility index (Phi) is 3.93. The monoisotopic (exact) mass is 213 g/mol. The van der Waals surface area contributed by atoms with Crippen molar-refractivity contribution in [3.8, 4) is 0 Å². The smallest absolute Gasteiger partial charge is 0.105 e. The average Bonchev–Trinajstić information content (AvgIpc) is 2.24. The van der Waals surface area contributed by atoms with Crippen molar-refractivity contribution >= 4 is 11.6 Å². The summed E-state index contributed by atoms with van der Waals surface area (Å²) in [5.74, 6) is 0. The topological polar surface area (TPSA) is 35.2 Å². The summed E-state index contributed by atoms with van der Waals surface area (Å²) in [6.45, 7) is 2.53. The van der Waals surface area contributed by atoms with Gasteiger partial charge in [0.2, 0.25) is 0 Å². The molecule has 1 atom stereocenters. The molecule has 0 amide bonds. The Morgan fingerprint density at radius 1 is 1.36 bits per heavy atom. The Morgan fingerprint density at radius 2 is 1.93 bits per heavy atom. The Hall–Kier alpha value is -0.570. The lowest BCUT2D eigenvalue weighted by molar-refractivity contribution is -0.0103. The normalized spacial score (nSPS) is 15.1. The van der Waals surface area contributed by atoms with E-state index in [9.17, 15) is 0 Å². The van der Waals surface area contributed by atoms with E-state index < -0.39 is 0 Å². The summed E-state index contributed by atoms with van der Waals surface area (Å²) in [6, 6.07) is 7.64. The molecule has 0 aliphatic heterocycles. The molecule has 0 heterocycles.